The van der Waals surface area contributed by atoms with Crippen molar-refractivity contribution in [1.82, 2.24) is 0 Å². The minimum atomic E-state index is 0.332. The lowest BCUT2D eigenvalue weighted by molar-refractivity contribution is 0.361. The summed E-state index contributed by atoms with van der Waals surface area (Å²) in [5, 5.41) is 3.79. The van der Waals surface area contributed by atoms with Gasteiger partial charge in [-0.25, -0.2) is 0 Å². The van der Waals surface area contributed by atoms with Crippen molar-refractivity contribution < 1.29 is 4.74 Å². The molecule has 2 aromatic carbocycles. The SMILES string of the molecule is C=CCOc1ccc2c(c1)C1C=CCC1C(c1ccc(N(C)C)cc1)N2. The van der Waals surface area contributed by atoms with Crippen LogP contribution in [0.1, 0.15) is 29.5 Å². The molecule has 0 spiro atoms. The molecule has 0 bridgehead atoms. The number of fused-ring (bicyclic) bond motifs is 3. The van der Waals surface area contributed by atoms with Gasteiger partial charge in [-0.2, -0.15) is 0 Å². The second-order valence-corrected chi connectivity index (χ2v) is 7.31. The zero-order valence-corrected chi connectivity index (χ0v) is 15.5. The molecule has 0 aromatic heterocycles. The third-order valence-electron chi connectivity index (χ3n) is 5.47. The van der Waals surface area contributed by atoms with Crippen molar-refractivity contribution in [3.8, 4) is 5.75 Å². The van der Waals surface area contributed by atoms with Gasteiger partial charge in [-0.15, -0.1) is 0 Å². The number of rotatable bonds is 5. The van der Waals surface area contributed by atoms with Gasteiger partial charge >= 0.3 is 0 Å². The summed E-state index contributed by atoms with van der Waals surface area (Å²) in [6.45, 7) is 4.26. The van der Waals surface area contributed by atoms with E-state index in [1.54, 1.807) is 6.08 Å². The molecule has 2 aromatic rings. The quantitative estimate of drug-likeness (QED) is 0.758. The molecule has 3 unspecified atom stereocenters. The van der Waals surface area contributed by atoms with E-state index in [9.17, 15) is 0 Å². The molecular weight excluding hydrogens is 320 g/mol. The van der Waals surface area contributed by atoms with E-state index in [4.69, 9.17) is 4.74 Å². The Labute approximate surface area is 156 Å². The van der Waals surface area contributed by atoms with Crippen molar-refractivity contribution in [1.29, 1.82) is 0 Å². The number of anilines is 2. The van der Waals surface area contributed by atoms with E-state index in [1.807, 2.05) is 6.07 Å². The Bertz CT molecular complexity index is 823. The van der Waals surface area contributed by atoms with Crippen LogP contribution in [0.4, 0.5) is 11.4 Å². The summed E-state index contributed by atoms with van der Waals surface area (Å²) in [4.78, 5) is 2.14. The van der Waals surface area contributed by atoms with Gasteiger partial charge in [-0.05, 0) is 53.8 Å². The predicted octanol–water partition coefficient (Wildman–Crippen LogP) is 5.14. The summed E-state index contributed by atoms with van der Waals surface area (Å²) in [6, 6.07) is 15.6. The number of nitrogens with one attached hydrogen (secondary N) is 1. The van der Waals surface area contributed by atoms with Crippen molar-refractivity contribution in [3.05, 3.63) is 78.4 Å². The minimum Gasteiger partial charge on any atom is -0.490 e. The Morgan fingerprint density at radius 2 is 2.00 bits per heavy atom. The fourth-order valence-corrected chi connectivity index (χ4v) is 4.13. The van der Waals surface area contributed by atoms with Crippen LogP contribution < -0.4 is 15.0 Å². The average Bonchev–Trinajstić information content (AvgIpc) is 3.16. The largest absolute Gasteiger partial charge is 0.490 e. The Morgan fingerprint density at radius 1 is 1.19 bits per heavy atom. The lowest BCUT2D eigenvalue weighted by Gasteiger charge is -2.37. The molecule has 1 aliphatic heterocycles. The van der Waals surface area contributed by atoms with E-state index in [0.717, 1.165) is 12.2 Å². The fourth-order valence-electron chi connectivity index (χ4n) is 4.13. The van der Waals surface area contributed by atoms with Gasteiger partial charge in [0.2, 0.25) is 0 Å². The first kappa shape index (κ1) is 16.8. The third kappa shape index (κ3) is 2.98. The highest BCUT2D eigenvalue weighted by Crippen LogP contribution is 2.50. The summed E-state index contributed by atoms with van der Waals surface area (Å²) in [7, 11) is 4.15. The van der Waals surface area contributed by atoms with Gasteiger partial charge in [-0.3, -0.25) is 0 Å². The maximum Gasteiger partial charge on any atom is 0.120 e. The van der Waals surface area contributed by atoms with Crippen LogP contribution in [0, 0.1) is 5.92 Å². The zero-order chi connectivity index (χ0) is 18.1. The highest BCUT2D eigenvalue weighted by atomic mass is 16.5. The van der Waals surface area contributed by atoms with Gasteiger partial charge in [-0.1, -0.05) is 36.9 Å². The molecule has 1 heterocycles. The van der Waals surface area contributed by atoms with Gasteiger partial charge in [0.25, 0.3) is 0 Å². The summed E-state index contributed by atoms with van der Waals surface area (Å²) in [6.07, 6.45) is 7.58. The normalized spacial score (nSPS) is 22.9. The third-order valence-corrected chi connectivity index (χ3v) is 5.47. The Hall–Kier alpha value is -2.68. The van der Waals surface area contributed by atoms with E-state index < -0.39 is 0 Å². The van der Waals surface area contributed by atoms with Gasteiger partial charge in [0.15, 0.2) is 0 Å². The monoisotopic (exact) mass is 346 g/mol. The Kier molecular flexibility index (Phi) is 4.46. The van der Waals surface area contributed by atoms with Crippen LogP contribution in [0.3, 0.4) is 0 Å². The second kappa shape index (κ2) is 6.91. The van der Waals surface area contributed by atoms with E-state index in [1.165, 1.54) is 22.5 Å². The van der Waals surface area contributed by atoms with Gasteiger partial charge in [0.1, 0.15) is 12.4 Å². The Balaban J connectivity index is 1.65. The fraction of sp³-hybridized carbons (Fsp3) is 0.304. The van der Waals surface area contributed by atoms with E-state index >= 15 is 0 Å². The summed E-state index contributed by atoms with van der Waals surface area (Å²) < 4.78 is 5.74. The average molecular weight is 346 g/mol. The van der Waals surface area contributed by atoms with Crippen molar-refractivity contribution in [2.24, 2.45) is 5.92 Å². The van der Waals surface area contributed by atoms with E-state index in [2.05, 4.69) is 79.4 Å². The molecule has 0 saturated carbocycles. The van der Waals surface area contributed by atoms with Crippen LogP contribution in [0.25, 0.3) is 0 Å². The molecule has 3 nitrogen and oxygen atoms in total. The Morgan fingerprint density at radius 3 is 2.73 bits per heavy atom. The first-order valence-electron chi connectivity index (χ1n) is 9.25. The molecule has 0 fully saturated rings. The highest BCUT2D eigenvalue weighted by molar-refractivity contribution is 5.62. The van der Waals surface area contributed by atoms with Crippen molar-refractivity contribution in [3.63, 3.8) is 0 Å². The standard InChI is InChI=1S/C23H26N2O/c1-4-14-26-18-12-13-22-21(15-18)19-6-5-7-20(19)23(24-22)16-8-10-17(11-9-16)25(2)3/h4-6,8-13,15,19-20,23-24H,1,7,14H2,2-3H3. The van der Waals surface area contributed by atoms with Crippen molar-refractivity contribution >= 4 is 11.4 Å². The highest BCUT2D eigenvalue weighted by Gasteiger charge is 2.38. The van der Waals surface area contributed by atoms with Crippen LogP contribution >= 0.6 is 0 Å². The van der Waals surface area contributed by atoms with Crippen molar-refractivity contribution in [2.45, 2.75) is 18.4 Å². The number of hydrogen-bond donors (Lipinski definition) is 1. The number of nitrogens with zero attached hydrogens (tertiary/aromatic N) is 1. The summed E-state index contributed by atoms with van der Waals surface area (Å²) in [5.41, 5.74) is 5.14. The molecule has 4 rings (SSSR count). The summed E-state index contributed by atoms with van der Waals surface area (Å²) in [5.74, 6) is 1.90. The van der Waals surface area contributed by atoms with E-state index in [-0.39, 0.29) is 0 Å². The zero-order valence-electron chi connectivity index (χ0n) is 15.5. The van der Waals surface area contributed by atoms with Crippen LogP contribution in [-0.2, 0) is 0 Å². The van der Waals surface area contributed by atoms with Gasteiger partial charge in [0.05, 0.1) is 6.04 Å². The molecule has 1 N–H and O–H groups in total. The van der Waals surface area contributed by atoms with Crippen LogP contribution in [-0.4, -0.2) is 20.7 Å². The molecule has 2 aliphatic rings. The summed E-state index contributed by atoms with van der Waals surface area (Å²) >= 11 is 0. The second-order valence-electron chi connectivity index (χ2n) is 7.31. The molecule has 26 heavy (non-hydrogen) atoms. The maximum atomic E-state index is 5.74. The molecule has 0 amide bonds. The van der Waals surface area contributed by atoms with Crippen LogP contribution in [0.2, 0.25) is 0 Å². The molecule has 134 valence electrons. The molecule has 3 heteroatoms. The molecular formula is C23H26N2O. The number of allylic oxidation sites excluding steroid dienone is 2. The van der Waals surface area contributed by atoms with Crippen molar-refractivity contribution in [2.75, 3.05) is 30.9 Å². The van der Waals surface area contributed by atoms with Crippen LogP contribution in [0.15, 0.2) is 67.3 Å². The van der Waals surface area contributed by atoms with Crippen LogP contribution in [0.5, 0.6) is 5.75 Å². The lowest BCUT2D eigenvalue weighted by atomic mass is 9.77. The number of benzene rings is 2. The van der Waals surface area contributed by atoms with E-state index in [0.29, 0.717) is 24.5 Å². The number of ether oxygens (including phenoxy) is 1. The molecule has 1 aliphatic carbocycles. The maximum absolute atomic E-state index is 5.74. The van der Waals surface area contributed by atoms with Gasteiger partial charge < -0.3 is 15.0 Å². The molecule has 0 radical (unpaired) electrons. The molecule has 0 saturated heterocycles. The molecule has 3 atom stereocenters. The minimum absolute atomic E-state index is 0.332. The topological polar surface area (TPSA) is 24.5 Å². The number of hydrogen-bond acceptors (Lipinski definition) is 3. The van der Waals surface area contributed by atoms with Gasteiger partial charge in [0, 0.05) is 31.4 Å². The first-order valence-corrected chi connectivity index (χ1v) is 9.25. The lowest BCUT2D eigenvalue weighted by Crippen LogP contribution is -2.29. The first-order chi connectivity index (χ1) is 12.7. The smallest absolute Gasteiger partial charge is 0.120 e. The predicted molar refractivity (Wildman–Crippen MR) is 109 cm³/mol.